The first-order valence-corrected chi connectivity index (χ1v) is 12.7. The quantitative estimate of drug-likeness (QED) is 0.0978. The fourth-order valence-electron chi connectivity index (χ4n) is 3.33. The summed E-state index contributed by atoms with van der Waals surface area (Å²) in [5, 5.41) is 15.8. The van der Waals surface area contributed by atoms with Crippen LogP contribution in [-0.2, 0) is 33.4 Å². The standard InChI is InChI=1S/C21H27N5O8S2/c1-21(2,3)19(30)34-6-5-33-18(29)14-10(7-32-4)8-35-17-13(16(28)26(14)17)24-15(27)12(25-31)11-9-36-20(22)23-11/h9,13,17,31H,5-8H2,1-4H3,(H2,22,23)(H,24,27)/b25-12-. The normalized spacial score (nSPS) is 19.9. The van der Waals surface area contributed by atoms with E-state index in [-0.39, 0.29) is 36.3 Å². The highest BCUT2D eigenvalue weighted by molar-refractivity contribution is 8.00. The summed E-state index contributed by atoms with van der Waals surface area (Å²) >= 11 is 2.39. The van der Waals surface area contributed by atoms with Gasteiger partial charge < -0.3 is 30.5 Å². The second-order valence-electron chi connectivity index (χ2n) is 8.79. The van der Waals surface area contributed by atoms with Gasteiger partial charge in [-0.05, 0) is 26.3 Å². The number of nitrogen functional groups attached to an aromatic ring is 1. The van der Waals surface area contributed by atoms with E-state index < -0.39 is 46.3 Å². The summed E-state index contributed by atoms with van der Waals surface area (Å²) < 4.78 is 15.5. The number of carbonyl (C=O) groups excluding carboxylic acids is 4. The van der Waals surface area contributed by atoms with Crippen molar-refractivity contribution in [3.05, 3.63) is 22.3 Å². The number of thioether (sulfide) groups is 1. The molecule has 0 spiro atoms. The number of nitrogens with zero attached hydrogens (tertiary/aromatic N) is 3. The van der Waals surface area contributed by atoms with Crippen molar-refractivity contribution in [2.24, 2.45) is 10.6 Å². The first-order chi connectivity index (χ1) is 17.0. The van der Waals surface area contributed by atoms with Crippen LogP contribution in [0.2, 0.25) is 0 Å². The molecule has 2 atom stereocenters. The van der Waals surface area contributed by atoms with Crippen molar-refractivity contribution >= 4 is 57.7 Å². The Balaban J connectivity index is 1.67. The molecule has 0 aliphatic carbocycles. The van der Waals surface area contributed by atoms with Crippen molar-refractivity contribution in [2.75, 3.05) is 38.4 Å². The summed E-state index contributed by atoms with van der Waals surface area (Å²) in [6, 6.07) is -0.977. The molecule has 0 radical (unpaired) electrons. The van der Waals surface area contributed by atoms with Crippen LogP contribution in [0.1, 0.15) is 26.5 Å². The molecule has 1 aromatic heterocycles. The number of fused-ring (bicyclic) bond motifs is 1. The van der Waals surface area contributed by atoms with Gasteiger partial charge in [0.1, 0.15) is 36.0 Å². The molecule has 3 heterocycles. The number of anilines is 1. The smallest absolute Gasteiger partial charge is 0.355 e. The van der Waals surface area contributed by atoms with E-state index in [0.29, 0.717) is 11.3 Å². The fraction of sp³-hybridized carbons (Fsp3) is 0.524. The van der Waals surface area contributed by atoms with Crippen LogP contribution >= 0.6 is 23.1 Å². The van der Waals surface area contributed by atoms with Gasteiger partial charge in [-0.2, -0.15) is 0 Å². The summed E-state index contributed by atoms with van der Waals surface area (Å²) in [7, 11) is 1.46. The Morgan fingerprint density at radius 2 is 2.00 bits per heavy atom. The summed E-state index contributed by atoms with van der Waals surface area (Å²) in [6.45, 7) is 4.87. The molecule has 13 nitrogen and oxygen atoms in total. The van der Waals surface area contributed by atoms with Gasteiger partial charge in [0.05, 0.1) is 12.0 Å². The van der Waals surface area contributed by atoms with E-state index in [9.17, 15) is 24.4 Å². The third-order valence-corrected chi connectivity index (χ3v) is 7.10. The Kier molecular flexibility index (Phi) is 8.58. The Morgan fingerprint density at radius 1 is 1.31 bits per heavy atom. The molecule has 15 heteroatoms. The number of β-lactam (4-membered cyclic amide) rings is 1. The number of thiazole rings is 1. The highest BCUT2D eigenvalue weighted by Crippen LogP contribution is 2.40. The Bertz CT molecular complexity index is 1110. The number of methoxy groups -OCH3 is 1. The lowest BCUT2D eigenvalue weighted by Gasteiger charge is -2.49. The van der Waals surface area contributed by atoms with E-state index in [1.807, 2.05) is 0 Å². The molecular formula is C21H27N5O8S2. The van der Waals surface area contributed by atoms with Crippen molar-refractivity contribution in [1.29, 1.82) is 0 Å². The minimum absolute atomic E-state index is 0.0292. The molecular weight excluding hydrogens is 514 g/mol. The number of ether oxygens (including phenoxy) is 3. The van der Waals surface area contributed by atoms with E-state index in [0.717, 1.165) is 11.3 Å². The first kappa shape index (κ1) is 27.4. The van der Waals surface area contributed by atoms with Crippen molar-refractivity contribution < 1.29 is 38.6 Å². The first-order valence-electron chi connectivity index (χ1n) is 10.7. The molecule has 2 unspecified atom stereocenters. The second-order valence-corrected chi connectivity index (χ2v) is 10.8. The minimum atomic E-state index is -0.977. The van der Waals surface area contributed by atoms with Gasteiger partial charge in [-0.1, -0.05) is 5.16 Å². The largest absolute Gasteiger partial charge is 0.462 e. The Morgan fingerprint density at radius 3 is 2.58 bits per heavy atom. The maximum absolute atomic E-state index is 13.0. The van der Waals surface area contributed by atoms with Crippen LogP contribution in [0.15, 0.2) is 21.8 Å². The summed E-state index contributed by atoms with van der Waals surface area (Å²) in [6.07, 6.45) is 0. The zero-order valence-corrected chi connectivity index (χ0v) is 21.7. The van der Waals surface area contributed by atoms with Crippen LogP contribution in [0.5, 0.6) is 0 Å². The molecule has 3 rings (SSSR count). The van der Waals surface area contributed by atoms with E-state index in [1.54, 1.807) is 20.8 Å². The number of rotatable bonds is 9. The van der Waals surface area contributed by atoms with Gasteiger partial charge in [0.15, 0.2) is 10.8 Å². The number of hydrogen-bond donors (Lipinski definition) is 3. The van der Waals surface area contributed by atoms with Crippen LogP contribution in [0.3, 0.4) is 0 Å². The van der Waals surface area contributed by atoms with Crippen LogP contribution in [-0.4, -0.2) is 88.7 Å². The molecule has 1 aromatic rings. The number of hydrogen-bond acceptors (Lipinski definition) is 13. The van der Waals surface area contributed by atoms with Gasteiger partial charge in [-0.3, -0.25) is 19.3 Å². The van der Waals surface area contributed by atoms with Gasteiger partial charge in [0.2, 0.25) is 0 Å². The van der Waals surface area contributed by atoms with E-state index in [2.05, 4.69) is 15.5 Å². The topological polar surface area (TPSA) is 183 Å². The molecule has 36 heavy (non-hydrogen) atoms. The van der Waals surface area contributed by atoms with Crippen molar-refractivity contribution in [1.82, 2.24) is 15.2 Å². The third kappa shape index (κ3) is 5.79. The van der Waals surface area contributed by atoms with E-state index in [4.69, 9.17) is 19.9 Å². The average molecular weight is 542 g/mol. The van der Waals surface area contributed by atoms with Crippen molar-refractivity contribution in [3.63, 3.8) is 0 Å². The summed E-state index contributed by atoms with van der Waals surface area (Å²) in [5.41, 5.74) is 5.12. The second kappa shape index (κ2) is 11.3. The maximum atomic E-state index is 13.0. The zero-order valence-electron chi connectivity index (χ0n) is 20.1. The maximum Gasteiger partial charge on any atom is 0.355 e. The number of aromatic nitrogens is 1. The molecule has 0 aromatic carbocycles. The number of carbonyl (C=O) groups is 4. The van der Waals surface area contributed by atoms with Gasteiger partial charge in [-0.15, -0.1) is 23.1 Å². The van der Waals surface area contributed by atoms with Crippen LogP contribution in [0, 0.1) is 5.41 Å². The molecule has 1 saturated heterocycles. The van der Waals surface area contributed by atoms with E-state index >= 15 is 0 Å². The van der Waals surface area contributed by atoms with E-state index in [1.165, 1.54) is 29.2 Å². The van der Waals surface area contributed by atoms with Crippen molar-refractivity contribution in [2.45, 2.75) is 32.2 Å². The number of nitrogens with one attached hydrogen (secondary N) is 1. The number of nitrogens with two attached hydrogens (primary N) is 1. The van der Waals surface area contributed by atoms with Gasteiger partial charge >= 0.3 is 11.9 Å². The Hall–Kier alpha value is -3.17. The monoisotopic (exact) mass is 541 g/mol. The highest BCUT2D eigenvalue weighted by atomic mass is 32.2. The van der Waals surface area contributed by atoms with Crippen LogP contribution in [0.4, 0.5) is 5.13 Å². The van der Waals surface area contributed by atoms with Gasteiger partial charge in [0, 0.05) is 18.2 Å². The average Bonchev–Trinajstić information content (AvgIpc) is 3.25. The molecule has 2 aliphatic heterocycles. The summed E-state index contributed by atoms with van der Waals surface area (Å²) in [4.78, 5) is 55.6. The molecule has 1 fully saturated rings. The predicted molar refractivity (Wildman–Crippen MR) is 130 cm³/mol. The minimum Gasteiger partial charge on any atom is -0.462 e. The molecule has 2 amide bonds. The lowest BCUT2D eigenvalue weighted by atomic mass is 9.97. The van der Waals surface area contributed by atoms with Crippen molar-refractivity contribution in [3.8, 4) is 0 Å². The zero-order chi connectivity index (χ0) is 26.6. The van der Waals surface area contributed by atoms with Crippen LogP contribution < -0.4 is 11.1 Å². The van der Waals surface area contributed by atoms with Gasteiger partial charge in [-0.25, -0.2) is 9.78 Å². The predicted octanol–water partition coefficient (Wildman–Crippen LogP) is 0.337. The molecule has 4 N–H and O–H groups in total. The lowest BCUT2D eigenvalue weighted by molar-refractivity contribution is -0.159. The molecule has 196 valence electrons. The van der Waals surface area contributed by atoms with Crippen LogP contribution in [0.25, 0.3) is 0 Å². The highest BCUT2D eigenvalue weighted by Gasteiger charge is 2.54. The Labute approximate surface area is 215 Å². The number of oxime groups is 1. The van der Waals surface area contributed by atoms with Gasteiger partial charge in [0.25, 0.3) is 11.8 Å². The third-order valence-electron chi connectivity index (χ3n) is 5.09. The number of esters is 2. The lowest BCUT2D eigenvalue weighted by Crippen LogP contribution is -2.71. The molecule has 0 bridgehead atoms. The summed E-state index contributed by atoms with van der Waals surface area (Å²) in [5.74, 6) is -2.22. The number of amides is 2. The molecule has 0 saturated carbocycles. The fourth-order valence-corrected chi connectivity index (χ4v) is 5.20. The SMILES string of the molecule is COCC1=C(C(=O)OCCOC(=O)C(C)(C)C)N2C(=O)C(NC(=O)/C(=N\O)c3csc(N)n3)C2SC1. The molecule has 2 aliphatic rings.